The quantitative estimate of drug-likeness (QED) is 0.471. The Bertz CT molecular complexity index is 1140. The Labute approximate surface area is 186 Å². The molecule has 156 valence electrons. The van der Waals surface area contributed by atoms with Gasteiger partial charge < -0.3 is 10.2 Å². The smallest absolute Gasteiger partial charge is 0.257 e. The number of amides is 1. The second-order valence-electron chi connectivity index (χ2n) is 7.80. The minimum absolute atomic E-state index is 0.0556. The van der Waals surface area contributed by atoms with Gasteiger partial charge in [0.1, 0.15) is 5.69 Å². The van der Waals surface area contributed by atoms with Crippen LogP contribution < -0.4 is 5.32 Å². The minimum Gasteiger partial charge on any atom is -0.380 e. The van der Waals surface area contributed by atoms with Crippen molar-refractivity contribution in [1.82, 2.24) is 14.7 Å². The Morgan fingerprint density at radius 1 is 1.03 bits per heavy atom. The third-order valence-corrected chi connectivity index (χ3v) is 6.43. The van der Waals surface area contributed by atoms with Crippen LogP contribution in [-0.4, -0.2) is 39.7 Å². The molecule has 0 bridgehead atoms. The maximum Gasteiger partial charge on any atom is 0.257 e. The summed E-state index contributed by atoms with van der Waals surface area (Å²) in [5.41, 5.74) is 3.71. The van der Waals surface area contributed by atoms with E-state index in [0.717, 1.165) is 34.8 Å². The van der Waals surface area contributed by atoms with E-state index in [2.05, 4.69) is 29.6 Å². The van der Waals surface area contributed by atoms with Gasteiger partial charge in [-0.05, 0) is 35.6 Å². The number of rotatable bonds is 6. The molecular formula is C25H24N4OS. The third kappa shape index (κ3) is 4.39. The highest BCUT2D eigenvalue weighted by Crippen LogP contribution is 2.29. The first kappa shape index (κ1) is 19.6. The average molecular weight is 429 g/mol. The lowest BCUT2D eigenvalue weighted by Gasteiger charge is -2.17. The largest absolute Gasteiger partial charge is 0.380 e. The van der Waals surface area contributed by atoms with Crippen molar-refractivity contribution >= 4 is 22.9 Å². The molecule has 6 heteroatoms. The van der Waals surface area contributed by atoms with E-state index in [0.29, 0.717) is 18.7 Å². The molecule has 0 spiro atoms. The molecule has 1 aliphatic heterocycles. The summed E-state index contributed by atoms with van der Waals surface area (Å²) in [5, 5.41) is 10.4. The predicted molar refractivity (Wildman–Crippen MR) is 125 cm³/mol. The number of hydrogen-bond donors (Lipinski definition) is 1. The van der Waals surface area contributed by atoms with Crippen molar-refractivity contribution in [2.24, 2.45) is 0 Å². The first-order valence-electron chi connectivity index (χ1n) is 10.5. The van der Waals surface area contributed by atoms with Crippen LogP contribution in [-0.2, 0) is 6.54 Å². The molecular weight excluding hydrogens is 404 g/mol. The van der Waals surface area contributed by atoms with Gasteiger partial charge in [-0.15, -0.1) is 11.3 Å². The van der Waals surface area contributed by atoms with E-state index in [9.17, 15) is 4.79 Å². The highest BCUT2D eigenvalue weighted by molar-refractivity contribution is 7.13. The summed E-state index contributed by atoms with van der Waals surface area (Å²) >= 11 is 1.61. The molecule has 31 heavy (non-hydrogen) atoms. The number of carbonyl (C=O) groups is 1. The fourth-order valence-electron chi connectivity index (χ4n) is 4.03. The molecule has 0 saturated carbocycles. The summed E-state index contributed by atoms with van der Waals surface area (Å²) in [4.78, 5) is 16.4. The van der Waals surface area contributed by atoms with Crippen molar-refractivity contribution in [3.8, 4) is 10.6 Å². The van der Waals surface area contributed by atoms with Crippen molar-refractivity contribution in [2.75, 3.05) is 18.4 Å². The molecule has 0 aliphatic carbocycles. The van der Waals surface area contributed by atoms with E-state index in [1.165, 1.54) is 0 Å². The zero-order chi connectivity index (χ0) is 21.0. The number of anilines is 1. The molecule has 1 amide bonds. The van der Waals surface area contributed by atoms with Crippen molar-refractivity contribution < 1.29 is 4.79 Å². The fraction of sp³-hybridized carbons (Fsp3) is 0.200. The molecule has 1 atom stereocenters. The van der Waals surface area contributed by atoms with Crippen LogP contribution in [0, 0.1) is 0 Å². The van der Waals surface area contributed by atoms with Crippen LogP contribution in [0.2, 0.25) is 0 Å². The zero-order valence-corrected chi connectivity index (χ0v) is 18.0. The number of carbonyl (C=O) groups excluding carboxylic acids is 1. The van der Waals surface area contributed by atoms with Gasteiger partial charge in [0, 0.05) is 31.0 Å². The summed E-state index contributed by atoms with van der Waals surface area (Å²) in [5.74, 6) is 0.0556. The number of benzene rings is 2. The van der Waals surface area contributed by atoms with Gasteiger partial charge in [-0.1, -0.05) is 54.6 Å². The van der Waals surface area contributed by atoms with Gasteiger partial charge in [-0.3, -0.25) is 9.48 Å². The molecule has 1 unspecified atom stereocenters. The molecule has 3 heterocycles. The van der Waals surface area contributed by atoms with E-state index >= 15 is 0 Å². The van der Waals surface area contributed by atoms with Crippen molar-refractivity contribution in [1.29, 1.82) is 0 Å². The Morgan fingerprint density at radius 3 is 2.55 bits per heavy atom. The average Bonchev–Trinajstić information content (AvgIpc) is 3.56. The lowest BCUT2D eigenvalue weighted by Crippen LogP contribution is -2.31. The lowest BCUT2D eigenvalue weighted by molar-refractivity contribution is 0.0792. The molecule has 2 aromatic carbocycles. The fourth-order valence-corrected chi connectivity index (χ4v) is 4.75. The highest BCUT2D eigenvalue weighted by atomic mass is 32.1. The van der Waals surface area contributed by atoms with Crippen LogP contribution in [0.25, 0.3) is 10.6 Å². The molecule has 1 aliphatic rings. The second-order valence-corrected chi connectivity index (χ2v) is 8.75. The summed E-state index contributed by atoms with van der Waals surface area (Å²) in [6.07, 6.45) is 2.84. The van der Waals surface area contributed by atoms with Gasteiger partial charge in [0.15, 0.2) is 0 Å². The summed E-state index contributed by atoms with van der Waals surface area (Å²) in [6.45, 7) is 2.09. The van der Waals surface area contributed by atoms with Gasteiger partial charge in [0.25, 0.3) is 5.91 Å². The minimum atomic E-state index is 0.0556. The van der Waals surface area contributed by atoms with Crippen LogP contribution in [0.1, 0.15) is 22.3 Å². The zero-order valence-electron chi connectivity index (χ0n) is 17.1. The summed E-state index contributed by atoms with van der Waals surface area (Å²) < 4.78 is 1.88. The van der Waals surface area contributed by atoms with Crippen LogP contribution in [0.3, 0.4) is 0 Å². The topological polar surface area (TPSA) is 50.2 Å². The second kappa shape index (κ2) is 8.78. The number of para-hydroxylation sites is 1. The Hall–Kier alpha value is -3.38. The van der Waals surface area contributed by atoms with Gasteiger partial charge in [-0.2, -0.15) is 5.10 Å². The molecule has 4 aromatic rings. The highest BCUT2D eigenvalue weighted by Gasteiger charge is 2.30. The van der Waals surface area contributed by atoms with Crippen LogP contribution >= 0.6 is 11.3 Å². The van der Waals surface area contributed by atoms with Gasteiger partial charge >= 0.3 is 0 Å². The Morgan fingerprint density at radius 2 is 1.81 bits per heavy atom. The van der Waals surface area contributed by atoms with Crippen LogP contribution in [0.5, 0.6) is 0 Å². The molecule has 5 nitrogen and oxygen atoms in total. The summed E-state index contributed by atoms with van der Waals surface area (Å²) in [7, 11) is 0. The van der Waals surface area contributed by atoms with Crippen LogP contribution in [0.4, 0.5) is 5.69 Å². The van der Waals surface area contributed by atoms with Gasteiger partial charge in [-0.25, -0.2) is 0 Å². The number of nitrogens with one attached hydrogen (secondary N) is 1. The number of likely N-dealkylation sites (tertiary alicyclic amines) is 1. The Kier molecular flexibility index (Phi) is 5.54. The standard InChI is InChI=1S/C25H24N4OS/c30-25(28-14-13-21(17-28)26-20-10-5-2-6-11-20)22-18-29(16-19-8-3-1-4-9-19)27-24(22)23-12-7-15-31-23/h1-12,15,18,21,26H,13-14,16-17H2. The van der Waals surface area contributed by atoms with Crippen molar-refractivity contribution in [2.45, 2.75) is 19.0 Å². The van der Waals surface area contributed by atoms with Gasteiger partial charge in [0.05, 0.1) is 17.0 Å². The number of aromatic nitrogens is 2. The van der Waals surface area contributed by atoms with E-state index in [4.69, 9.17) is 5.10 Å². The molecule has 5 rings (SSSR count). The Balaban J connectivity index is 1.36. The number of hydrogen-bond acceptors (Lipinski definition) is 4. The maximum absolute atomic E-state index is 13.5. The first-order chi connectivity index (χ1) is 15.3. The molecule has 1 N–H and O–H groups in total. The van der Waals surface area contributed by atoms with E-state index < -0.39 is 0 Å². The van der Waals surface area contributed by atoms with Crippen LogP contribution in [0.15, 0.2) is 84.4 Å². The number of thiophene rings is 1. The molecule has 1 fully saturated rings. The van der Waals surface area contributed by atoms with Crippen molar-refractivity contribution in [3.63, 3.8) is 0 Å². The normalized spacial score (nSPS) is 15.9. The first-order valence-corrected chi connectivity index (χ1v) is 11.4. The monoisotopic (exact) mass is 428 g/mol. The predicted octanol–water partition coefficient (Wildman–Crippen LogP) is 4.99. The molecule has 2 aromatic heterocycles. The summed E-state index contributed by atoms with van der Waals surface area (Å²) in [6, 6.07) is 24.7. The number of nitrogens with zero attached hydrogens (tertiary/aromatic N) is 3. The van der Waals surface area contributed by atoms with Gasteiger partial charge in [0.2, 0.25) is 0 Å². The van der Waals surface area contributed by atoms with E-state index in [-0.39, 0.29) is 11.9 Å². The lowest BCUT2D eigenvalue weighted by atomic mass is 10.2. The van der Waals surface area contributed by atoms with Crippen molar-refractivity contribution in [3.05, 3.63) is 95.5 Å². The SMILES string of the molecule is O=C(c1cn(Cc2ccccc2)nc1-c1cccs1)N1CCC(Nc2ccccc2)C1. The maximum atomic E-state index is 13.5. The molecule has 0 radical (unpaired) electrons. The van der Waals surface area contributed by atoms with E-state index in [1.807, 2.05) is 69.7 Å². The van der Waals surface area contributed by atoms with E-state index in [1.54, 1.807) is 11.3 Å². The molecule has 1 saturated heterocycles. The third-order valence-electron chi connectivity index (χ3n) is 5.55.